The molecule has 0 N–H and O–H groups in total. The summed E-state index contributed by atoms with van der Waals surface area (Å²) in [5, 5.41) is 0.761. The molecular weight excluding hydrogens is 383 g/mol. The number of rotatable bonds is 8. The molecule has 3 heteroatoms. The third-order valence-electron chi connectivity index (χ3n) is 5.91. The molecule has 1 nitrogen and oxygen atoms in total. The summed E-state index contributed by atoms with van der Waals surface area (Å²) in [7, 11) is 0. The molecule has 0 radical (unpaired) electrons. The molecule has 0 aromatic heterocycles. The Morgan fingerprint density at radius 2 is 1.66 bits per heavy atom. The lowest BCUT2D eigenvalue weighted by Crippen LogP contribution is -2.28. The van der Waals surface area contributed by atoms with Gasteiger partial charge in [0, 0.05) is 5.02 Å². The summed E-state index contributed by atoms with van der Waals surface area (Å²) in [5.41, 5.74) is 2.46. The molecule has 3 aromatic rings. The highest BCUT2D eigenvalue weighted by Crippen LogP contribution is 2.37. The van der Waals surface area contributed by atoms with Crippen LogP contribution in [0.1, 0.15) is 44.7 Å². The first-order chi connectivity index (χ1) is 13.9. The minimum atomic E-state index is -0.342. The molecule has 0 fully saturated rings. The quantitative estimate of drug-likeness (QED) is 0.363. The van der Waals surface area contributed by atoms with Gasteiger partial charge in [0.05, 0.1) is 0 Å². The number of hydrogen-bond donors (Lipinski definition) is 0. The van der Waals surface area contributed by atoms with E-state index in [9.17, 15) is 4.39 Å². The topological polar surface area (TPSA) is 9.23 Å². The monoisotopic (exact) mass is 410 g/mol. The van der Waals surface area contributed by atoms with Crippen molar-refractivity contribution in [3.05, 3.63) is 94.8 Å². The first-order valence-electron chi connectivity index (χ1n) is 10.2. The molecule has 3 aromatic carbocycles. The van der Waals surface area contributed by atoms with Crippen LogP contribution in [0.2, 0.25) is 5.02 Å². The summed E-state index contributed by atoms with van der Waals surface area (Å²) in [6, 6.07) is 22.7. The van der Waals surface area contributed by atoms with E-state index in [1.54, 1.807) is 0 Å². The lowest BCUT2D eigenvalue weighted by molar-refractivity contribution is 0.306. The molecule has 0 bridgehead atoms. The number of benzene rings is 3. The number of para-hydroxylation sites is 1. The van der Waals surface area contributed by atoms with Crippen LogP contribution in [-0.2, 0) is 11.8 Å². The summed E-state index contributed by atoms with van der Waals surface area (Å²) in [4.78, 5) is 0. The van der Waals surface area contributed by atoms with E-state index < -0.39 is 0 Å². The first-order valence-corrected chi connectivity index (χ1v) is 10.5. The molecule has 0 aliphatic heterocycles. The summed E-state index contributed by atoms with van der Waals surface area (Å²) in [6.45, 7) is 6.84. The molecule has 1 atom stereocenters. The van der Waals surface area contributed by atoms with Crippen molar-refractivity contribution in [3.63, 3.8) is 0 Å². The highest BCUT2D eigenvalue weighted by Gasteiger charge is 2.29. The van der Waals surface area contributed by atoms with Gasteiger partial charge in [0.25, 0.3) is 0 Å². The van der Waals surface area contributed by atoms with E-state index in [1.807, 2.05) is 54.6 Å². The van der Waals surface area contributed by atoms with Gasteiger partial charge in [-0.05, 0) is 78.1 Å². The standard InChI is InChI=1S/C26H28ClFO/c1-19(2)26(3,21-12-14-22(27)15-13-21)17-7-8-20-11-16-24(28)25(18-20)29-23-9-5-4-6-10-23/h4-6,9-16,18-19H,7-8,17H2,1-3H3. The maximum absolute atomic E-state index is 14.2. The fraction of sp³-hybridized carbons (Fsp3) is 0.308. The minimum Gasteiger partial charge on any atom is -0.454 e. The van der Waals surface area contributed by atoms with Crippen molar-refractivity contribution in [2.24, 2.45) is 5.92 Å². The predicted molar refractivity (Wildman–Crippen MR) is 119 cm³/mol. The summed E-state index contributed by atoms with van der Waals surface area (Å²) in [6.07, 6.45) is 2.92. The van der Waals surface area contributed by atoms with E-state index in [0.717, 1.165) is 29.8 Å². The average Bonchev–Trinajstić information content (AvgIpc) is 2.71. The van der Waals surface area contributed by atoms with Crippen LogP contribution in [0.4, 0.5) is 4.39 Å². The van der Waals surface area contributed by atoms with Gasteiger partial charge in [0.1, 0.15) is 5.75 Å². The molecule has 0 saturated heterocycles. The molecule has 1 unspecified atom stereocenters. The zero-order valence-corrected chi connectivity index (χ0v) is 18.0. The second kappa shape index (κ2) is 9.45. The van der Waals surface area contributed by atoms with Crippen LogP contribution in [0, 0.1) is 11.7 Å². The number of ether oxygens (including phenoxy) is 1. The van der Waals surface area contributed by atoms with Crippen molar-refractivity contribution >= 4 is 11.6 Å². The minimum absolute atomic E-state index is 0.0635. The lowest BCUT2D eigenvalue weighted by Gasteiger charge is -2.35. The van der Waals surface area contributed by atoms with E-state index in [4.69, 9.17) is 16.3 Å². The fourth-order valence-electron chi connectivity index (χ4n) is 3.65. The van der Waals surface area contributed by atoms with Crippen molar-refractivity contribution in [1.29, 1.82) is 0 Å². The Hall–Kier alpha value is -2.32. The Kier molecular flexibility index (Phi) is 6.97. The smallest absolute Gasteiger partial charge is 0.165 e. The van der Waals surface area contributed by atoms with Crippen LogP contribution in [0.25, 0.3) is 0 Å². The third kappa shape index (κ3) is 5.39. The van der Waals surface area contributed by atoms with Crippen molar-refractivity contribution in [2.45, 2.75) is 45.4 Å². The van der Waals surface area contributed by atoms with Gasteiger partial charge in [-0.2, -0.15) is 0 Å². The zero-order chi connectivity index (χ0) is 20.9. The van der Waals surface area contributed by atoms with Crippen LogP contribution >= 0.6 is 11.6 Å². The SMILES string of the molecule is CC(C)C(C)(CCCc1ccc(F)c(Oc2ccccc2)c1)c1ccc(Cl)cc1. The molecule has 0 aliphatic rings. The number of halogens is 2. The van der Waals surface area contributed by atoms with E-state index in [2.05, 4.69) is 32.9 Å². The third-order valence-corrected chi connectivity index (χ3v) is 6.16. The van der Waals surface area contributed by atoms with E-state index in [1.165, 1.54) is 11.6 Å². The highest BCUT2D eigenvalue weighted by atomic mass is 35.5. The predicted octanol–water partition coefficient (Wildman–Crippen LogP) is 8.21. The van der Waals surface area contributed by atoms with Crippen molar-refractivity contribution in [2.75, 3.05) is 0 Å². The highest BCUT2D eigenvalue weighted by molar-refractivity contribution is 6.30. The molecule has 152 valence electrons. The van der Waals surface area contributed by atoms with E-state index >= 15 is 0 Å². The second-order valence-corrected chi connectivity index (χ2v) is 8.55. The average molecular weight is 411 g/mol. The van der Waals surface area contributed by atoms with Crippen LogP contribution in [0.3, 0.4) is 0 Å². The summed E-state index contributed by atoms with van der Waals surface area (Å²) in [5.74, 6) is 1.07. The van der Waals surface area contributed by atoms with E-state index in [0.29, 0.717) is 11.7 Å². The Balaban J connectivity index is 1.68. The van der Waals surface area contributed by atoms with Gasteiger partial charge in [0.2, 0.25) is 0 Å². The van der Waals surface area contributed by atoms with Crippen LogP contribution in [0.15, 0.2) is 72.8 Å². The van der Waals surface area contributed by atoms with Gasteiger partial charge < -0.3 is 4.74 Å². The molecule has 3 rings (SSSR count). The fourth-order valence-corrected chi connectivity index (χ4v) is 3.78. The van der Waals surface area contributed by atoms with Gasteiger partial charge in [-0.1, -0.05) is 68.8 Å². The van der Waals surface area contributed by atoms with E-state index in [-0.39, 0.29) is 17.0 Å². The Bertz CT molecular complexity index is 921. The van der Waals surface area contributed by atoms with Gasteiger partial charge in [-0.3, -0.25) is 0 Å². The van der Waals surface area contributed by atoms with Gasteiger partial charge in [-0.25, -0.2) is 4.39 Å². The normalized spacial score (nSPS) is 13.3. The Morgan fingerprint density at radius 1 is 0.966 bits per heavy atom. The van der Waals surface area contributed by atoms with Crippen LogP contribution < -0.4 is 4.74 Å². The van der Waals surface area contributed by atoms with Crippen molar-refractivity contribution in [3.8, 4) is 11.5 Å². The molecule has 0 amide bonds. The summed E-state index contributed by atoms with van der Waals surface area (Å²) >= 11 is 6.07. The molecule has 0 spiro atoms. The van der Waals surface area contributed by atoms with Crippen molar-refractivity contribution < 1.29 is 9.13 Å². The van der Waals surface area contributed by atoms with Gasteiger partial charge in [0.15, 0.2) is 11.6 Å². The zero-order valence-electron chi connectivity index (χ0n) is 17.3. The van der Waals surface area contributed by atoms with Gasteiger partial charge in [-0.15, -0.1) is 0 Å². The maximum Gasteiger partial charge on any atom is 0.165 e. The lowest BCUT2D eigenvalue weighted by atomic mass is 9.70. The largest absolute Gasteiger partial charge is 0.454 e. The first kappa shape index (κ1) is 21.4. The Labute approximate surface area is 178 Å². The molecule has 29 heavy (non-hydrogen) atoms. The van der Waals surface area contributed by atoms with Crippen LogP contribution in [-0.4, -0.2) is 0 Å². The Morgan fingerprint density at radius 3 is 2.31 bits per heavy atom. The number of aryl methyl sites for hydroxylation is 1. The van der Waals surface area contributed by atoms with Crippen molar-refractivity contribution in [1.82, 2.24) is 0 Å². The second-order valence-electron chi connectivity index (χ2n) is 8.11. The molecule has 0 saturated carbocycles. The molecule has 0 aliphatic carbocycles. The maximum atomic E-state index is 14.2. The van der Waals surface area contributed by atoms with Gasteiger partial charge >= 0.3 is 0 Å². The summed E-state index contributed by atoms with van der Waals surface area (Å²) < 4.78 is 19.9. The molecular formula is C26H28ClFO. The van der Waals surface area contributed by atoms with Crippen LogP contribution in [0.5, 0.6) is 11.5 Å². The molecule has 0 heterocycles. The number of hydrogen-bond acceptors (Lipinski definition) is 1.